The van der Waals surface area contributed by atoms with Crippen molar-refractivity contribution in [2.45, 2.75) is 26.8 Å². The van der Waals surface area contributed by atoms with Gasteiger partial charge >= 0.3 is 0 Å². The summed E-state index contributed by atoms with van der Waals surface area (Å²) in [5.41, 5.74) is 3.07. The number of thiazole rings is 1. The van der Waals surface area contributed by atoms with Crippen LogP contribution in [0.1, 0.15) is 25.1 Å². The van der Waals surface area contributed by atoms with Gasteiger partial charge in [-0.15, -0.1) is 11.3 Å². The number of anilines is 2. The van der Waals surface area contributed by atoms with Crippen molar-refractivity contribution < 1.29 is 9.90 Å². The maximum Gasteiger partial charge on any atom is 0.230 e. The summed E-state index contributed by atoms with van der Waals surface area (Å²) >= 11 is 1.52. The Morgan fingerprint density at radius 1 is 1.22 bits per heavy atom. The molecule has 2 heterocycles. The Morgan fingerprint density at radius 2 is 1.93 bits per heavy atom. The van der Waals surface area contributed by atoms with Crippen LogP contribution in [0, 0.1) is 0 Å². The van der Waals surface area contributed by atoms with Crippen LogP contribution in [0.5, 0.6) is 0 Å². The largest absolute Gasteiger partial charge is 0.395 e. The van der Waals surface area contributed by atoms with E-state index in [-0.39, 0.29) is 12.5 Å². The lowest BCUT2D eigenvalue weighted by molar-refractivity contribution is -0.115. The Labute approximate surface area is 165 Å². The zero-order valence-corrected chi connectivity index (χ0v) is 16.9. The van der Waals surface area contributed by atoms with Crippen molar-refractivity contribution in [3.05, 3.63) is 40.9 Å². The van der Waals surface area contributed by atoms with Gasteiger partial charge in [0.1, 0.15) is 0 Å². The molecule has 1 aliphatic heterocycles. The van der Waals surface area contributed by atoms with E-state index < -0.39 is 0 Å². The first kappa shape index (κ1) is 19.9. The highest BCUT2D eigenvalue weighted by molar-refractivity contribution is 7.14. The molecule has 2 aromatic rings. The lowest BCUT2D eigenvalue weighted by Gasteiger charge is -2.33. The third-order valence-corrected chi connectivity index (χ3v) is 5.80. The smallest absolute Gasteiger partial charge is 0.230 e. The number of benzene rings is 1. The lowest BCUT2D eigenvalue weighted by atomic mass is 10.1. The molecule has 6 nitrogen and oxygen atoms in total. The van der Waals surface area contributed by atoms with Gasteiger partial charge in [0.15, 0.2) is 5.13 Å². The van der Waals surface area contributed by atoms with Crippen LogP contribution >= 0.6 is 11.3 Å². The number of aliphatic hydroxyl groups is 1. The Balaban J connectivity index is 1.71. The molecule has 0 spiro atoms. The van der Waals surface area contributed by atoms with E-state index in [9.17, 15) is 4.79 Å². The first-order valence-corrected chi connectivity index (χ1v) is 10.4. The van der Waals surface area contributed by atoms with Crippen molar-refractivity contribution in [3.8, 4) is 0 Å². The third kappa shape index (κ3) is 4.93. The number of rotatable bonds is 7. The van der Waals surface area contributed by atoms with Crippen LogP contribution in [0.3, 0.4) is 0 Å². The number of nitrogens with zero attached hydrogens (tertiary/aromatic N) is 4. The summed E-state index contributed by atoms with van der Waals surface area (Å²) in [6.45, 7) is 9.35. The highest BCUT2D eigenvalue weighted by Crippen LogP contribution is 2.32. The molecule has 1 fully saturated rings. The Morgan fingerprint density at radius 3 is 2.59 bits per heavy atom. The topological polar surface area (TPSA) is 59.9 Å². The van der Waals surface area contributed by atoms with Crippen LogP contribution in [-0.4, -0.2) is 65.1 Å². The van der Waals surface area contributed by atoms with Gasteiger partial charge in [-0.05, 0) is 18.1 Å². The number of para-hydroxylation sites is 1. The van der Waals surface area contributed by atoms with Gasteiger partial charge in [-0.3, -0.25) is 19.5 Å². The van der Waals surface area contributed by atoms with Crippen LogP contribution in [0.4, 0.5) is 10.8 Å². The number of aromatic nitrogens is 1. The van der Waals surface area contributed by atoms with Gasteiger partial charge in [0, 0.05) is 51.6 Å². The monoisotopic (exact) mass is 388 g/mol. The van der Waals surface area contributed by atoms with Crippen molar-refractivity contribution in [2.24, 2.45) is 0 Å². The fraction of sp³-hybridized carbons (Fsp3) is 0.500. The normalized spacial score (nSPS) is 15.8. The third-order valence-electron chi connectivity index (χ3n) is 4.93. The van der Waals surface area contributed by atoms with Crippen molar-refractivity contribution in [2.75, 3.05) is 44.2 Å². The summed E-state index contributed by atoms with van der Waals surface area (Å²) in [5, 5.41) is 11.8. The van der Waals surface area contributed by atoms with Gasteiger partial charge in [0.05, 0.1) is 18.0 Å². The second kappa shape index (κ2) is 9.41. The maximum atomic E-state index is 12.4. The molecule has 146 valence electrons. The molecule has 1 aromatic heterocycles. The summed E-state index contributed by atoms with van der Waals surface area (Å²) in [5.74, 6) is -0.0191. The highest BCUT2D eigenvalue weighted by Gasteiger charge is 2.22. The van der Waals surface area contributed by atoms with Gasteiger partial charge in [0.2, 0.25) is 5.91 Å². The fourth-order valence-electron chi connectivity index (χ4n) is 3.45. The number of aryl methyl sites for hydroxylation is 1. The zero-order valence-electron chi connectivity index (χ0n) is 16.1. The quantitative estimate of drug-likeness (QED) is 0.790. The number of carbonyl (C=O) groups excluding carboxylic acids is 1. The van der Waals surface area contributed by atoms with E-state index in [1.54, 1.807) is 11.8 Å². The second-order valence-electron chi connectivity index (χ2n) is 6.80. The molecule has 1 N–H and O–H groups in total. The van der Waals surface area contributed by atoms with Crippen molar-refractivity contribution in [3.63, 3.8) is 0 Å². The van der Waals surface area contributed by atoms with Gasteiger partial charge in [-0.25, -0.2) is 4.98 Å². The minimum Gasteiger partial charge on any atom is -0.395 e. The average Bonchev–Trinajstić information content (AvgIpc) is 3.12. The molecular formula is C20H28N4O2S. The van der Waals surface area contributed by atoms with Gasteiger partial charge < -0.3 is 5.11 Å². The fourth-order valence-corrected chi connectivity index (χ4v) is 4.32. The van der Waals surface area contributed by atoms with Crippen LogP contribution < -0.4 is 4.90 Å². The van der Waals surface area contributed by atoms with Crippen LogP contribution in [-0.2, 0) is 17.8 Å². The minimum atomic E-state index is -0.0191. The molecule has 0 bridgehead atoms. The van der Waals surface area contributed by atoms with Gasteiger partial charge in [-0.1, -0.05) is 25.1 Å². The highest BCUT2D eigenvalue weighted by atomic mass is 32.1. The van der Waals surface area contributed by atoms with E-state index in [1.165, 1.54) is 11.3 Å². The second-order valence-corrected chi connectivity index (χ2v) is 7.64. The number of amides is 1. The van der Waals surface area contributed by atoms with Crippen LogP contribution in [0.2, 0.25) is 0 Å². The van der Waals surface area contributed by atoms with Gasteiger partial charge in [0.25, 0.3) is 0 Å². The van der Waals surface area contributed by atoms with E-state index in [1.807, 2.05) is 18.2 Å². The summed E-state index contributed by atoms with van der Waals surface area (Å²) in [6, 6.07) is 8.02. The number of hydrogen-bond donors (Lipinski definition) is 1. The first-order valence-electron chi connectivity index (χ1n) is 9.51. The summed E-state index contributed by atoms with van der Waals surface area (Å²) in [7, 11) is 0. The molecule has 27 heavy (non-hydrogen) atoms. The first-order chi connectivity index (χ1) is 13.1. The minimum absolute atomic E-state index is 0.0191. The van der Waals surface area contributed by atoms with E-state index in [0.29, 0.717) is 0 Å². The predicted octanol–water partition coefficient (Wildman–Crippen LogP) is 2.50. The predicted molar refractivity (Wildman–Crippen MR) is 110 cm³/mol. The summed E-state index contributed by atoms with van der Waals surface area (Å²) in [6.07, 6.45) is 0.871. The molecule has 1 saturated heterocycles. The van der Waals surface area contributed by atoms with E-state index in [4.69, 9.17) is 10.1 Å². The number of hydrogen-bond acceptors (Lipinski definition) is 6. The molecule has 7 heteroatoms. The zero-order chi connectivity index (χ0) is 19.2. The molecule has 1 aromatic carbocycles. The lowest BCUT2D eigenvalue weighted by Crippen LogP contribution is -2.46. The number of β-amino-alcohol motifs (C(OH)–C–C–N with tert-alkyl or cyclic N) is 1. The average molecular weight is 389 g/mol. The number of piperazine rings is 1. The standard InChI is InChI=1S/C20H28N4O2S/c1-3-17-6-4-5-7-19(17)24(16(2)26)20-21-18(15-27-20)14-23-10-8-22(9-11-23)12-13-25/h4-7,15,25H,3,8-14H2,1-2H3. The SMILES string of the molecule is CCc1ccccc1N(C(C)=O)c1nc(CN2CCN(CCO)CC2)cs1. The molecule has 0 atom stereocenters. The van der Waals surface area contributed by atoms with Crippen LogP contribution in [0.25, 0.3) is 0 Å². The molecule has 0 unspecified atom stereocenters. The van der Waals surface area contributed by atoms with Crippen LogP contribution in [0.15, 0.2) is 29.6 Å². The summed E-state index contributed by atoms with van der Waals surface area (Å²) < 4.78 is 0. The number of aliphatic hydroxyl groups excluding tert-OH is 1. The summed E-state index contributed by atoms with van der Waals surface area (Å²) in [4.78, 5) is 23.5. The molecular weight excluding hydrogens is 360 g/mol. The Kier molecular flexibility index (Phi) is 6.95. The number of carbonyl (C=O) groups is 1. The Hall–Kier alpha value is -1.80. The molecule has 1 amide bonds. The maximum absolute atomic E-state index is 12.4. The van der Waals surface area contributed by atoms with E-state index in [2.05, 4.69) is 28.2 Å². The molecule has 0 radical (unpaired) electrons. The molecule has 3 rings (SSSR count). The molecule has 0 saturated carbocycles. The Bertz CT molecular complexity index is 756. The van der Waals surface area contributed by atoms with E-state index in [0.717, 1.165) is 67.8 Å². The van der Waals surface area contributed by atoms with E-state index >= 15 is 0 Å². The molecule has 0 aliphatic carbocycles. The van der Waals surface area contributed by atoms with Crippen molar-refractivity contribution >= 4 is 28.1 Å². The van der Waals surface area contributed by atoms with Crippen molar-refractivity contribution in [1.29, 1.82) is 0 Å². The molecule has 1 aliphatic rings. The van der Waals surface area contributed by atoms with Gasteiger partial charge in [-0.2, -0.15) is 0 Å². The van der Waals surface area contributed by atoms with Crippen molar-refractivity contribution in [1.82, 2.24) is 14.8 Å².